The lowest BCUT2D eigenvalue weighted by Gasteiger charge is -2.11. The quantitative estimate of drug-likeness (QED) is 0.684. The van der Waals surface area contributed by atoms with Crippen molar-refractivity contribution in [2.45, 2.75) is 23.8 Å². The van der Waals surface area contributed by atoms with E-state index in [1.807, 2.05) is 54.9 Å². The molecule has 2 aromatic heterocycles. The Hall–Kier alpha value is -2.12. The van der Waals surface area contributed by atoms with Gasteiger partial charge in [0.05, 0.1) is 5.25 Å². The van der Waals surface area contributed by atoms with Crippen molar-refractivity contribution in [1.29, 1.82) is 0 Å². The first-order chi connectivity index (χ1) is 11.6. The summed E-state index contributed by atoms with van der Waals surface area (Å²) in [7, 11) is 1.94. The predicted molar refractivity (Wildman–Crippen MR) is 98.5 cm³/mol. The Labute approximate surface area is 149 Å². The van der Waals surface area contributed by atoms with Gasteiger partial charge in [-0.2, -0.15) is 0 Å². The summed E-state index contributed by atoms with van der Waals surface area (Å²) in [6, 6.07) is 13.6. The number of nitrogens with one attached hydrogen (secondary N) is 1. The van der Waals surface area contributed by atoms with Crippen LogP contribution in [-0.2, 0) is 18.3 Å². The number of rotatable bonds is 6. The first-order valence-corrected chi connectivity index (χ1v) is 9.32. The van der Waals surface area contributed by atoms with Crippen LogP contribution in [0.1, 0.15) is 17.6 Å². The number of thioether (sulfide) groups is 1. The number of anilines is 1. The van der Waals surface area contributed by atoms with E-state index in [0.29, 0.717) is 0 Å². The highest BCUT2D eigenvalue weighted by atomic mass is 32.2. The third kappa shape index (κ3) is 4.04. The molecule has 0 fully saturated rings. The van der Waals surface area contributed by atoms with Gasteiger partial charge < -0.3 is 9.88 Å². The van der Waals surface area contributed by atoms with Gasteiger partial charge in [-0.05, 0) is 30.5 Å². The lowest BCUT2D eigenvalue weighted by Crippen LogP contribution is -2.22. The molecule has 24 heavy (non-hydrogen) atoms. The largest absolute Gasteiger partial charge is 0.325 e. The molecule has 0 aliphatic rings. The van der Waals surface area contributed by atoms with Crippen molar-refractivity contribution in [3.63, 3.8) is 0 Å². The number of amides is 1. The molecular weight excluding hydrogens is 340 g/mol. The standard InChI is InChI=1S/C17H18N4OS2/c1-12(16(22)18-13-7-4-3-5-8-13)24-17-20-19-15(21(17)2)11-14-9-6-10-23-14/h3-10,12H,11H2,1-2H3,(H,18,22). The molecule has 124 valence electrons. The third-order valence-electron chi connectivity index (χ3n) is 3.53. The third-order valence-corrected chi connectivity index (χ3v) is 5.54. The maximum Gasteiger partial charge on any atom is 0.237 e. The highest BCUT2D eigenvalue weighted by Gasteiger charge is 2.19. The summed E-state index contributed by atoms with van der Waals surface area (Å²) in [5.41, 5.74) is 0.797. The van der Waals surface area contributed by atoms with Gasteiger partial charge in [0.1, 0.15) is 5.82 Å². The summed E-state index contributed by atoms with van der Waals surface area (Å²) < 4.78 is 1.96. The summed E-state index contributed by atoms with van der Waals surface area (Å²) in [5.74, 6) is 0.852. The summed E-state index contributed by atoms with van der Waals surface area (Å²) in [5, 5.41) is 13.9. The normalized spacial score (nSPS) is 12.1. The Morgan fingerprint density at radius 1 is 1.25 bits per heavy atom. The zero-order chi connectivity index (χ0) is 16.9. The second-order valence-corrected chi connectivity index (χ2v) is 7.67. The number of hydrogen-bond acceptors (Lipinski definition) is 5. The van der Waals surface area contributed by atoms with Crippen LogP contribution in [0.15, 0.2) is 53.0 Å². The Kier molecular flexibility index (Phi) is 5.32. The van der Waals surface area contributed by atoms with Gasteiger partial charge >= 0.3 is 0 Å². The SMILES string of the molecule is CC(Sc1nnc(Cc2cccs2)n1C)C(=O)Nc1ccccc1. The molecule has 3 aromatic rings. The average Bonchev–Trinajstić information content (AvgIpc) is 3.21. The fraction of sp³-hybridized carbons (Fsp3) is 0.235. The molecule has 0 aliphatic heterocycles. The summed E-state index contributed by atoms with van der Waals surface area (Å²) in [6.07, 6.45) is 0.756. The van der Waals surface area contributed by atoms with E-state index in [9.17, 15) is 4.79 Å². The Balaban J connectivity index is 1.63. The van der Waals surface area contributed by atoms with E-state index < -0.39 is 0 Å². The van der Waals surface area contributed by atoms with Crippen LogP contribution in [0, 0.1) is 0 Å². The van der Waals surface area contributed by atoms with Crippen LogP contribution in [-0.4, -0.2) is 25.9 Å². The topological polar surface area (TPSA) is 59.8 Å². The number of benzene rings is 1. The van der Waals surface area contributed by atoms with Gasteiger partial charge in [-0.3, -0.25) is 4.79 Å². The number of aromatic nitrogens is 3. The molecule has 3 rings (SSSR count). The highest BCUT2D eigenvalue weighted by Crippen LogP contribution is 2.24. The van der Waals surface area contributed by atoms with Gasteiger partial charge in [-0.25, -0.2) is 0 Å². The molecule has 5 nitrogen and oxygen atoms in total. The summed E-state index contributed by atoms with van der Waals surface area (Å²) >= 11 is 3.12. The maximum atomic E-state index is 12.3. The van der Waals surface area contributed by atoms with Gasteiger partial charge in [0, 0.05) is 24.0 Å². The lowest BCUT2D eigenvalue weighted by molar-refractivity contribution is -0.115. The molecule has 0 aliphatic carbocycles. The minimum absolute atomic E-state index is 0.0472. The summed E-state index contributed by atoms with van der Waals surface area (Å²) in [4.78, 5) is 13.6. The molecule has 0 saturated carbocycles. The molecular formula is C17H18N4OS2. The van der Waals surface area contributed by atoms with E-state index in [1.54, 1.807) is 11.3 Å². The smallest absolute Gasteiger partial charge is 0.237 e. The van der Waals surface area contributed by atoms with Crippen molar-refractivity contribution in [3.05, 3.63) is 58.5 Å². The molecule has 1 atom stereocenters. The number of nitrogens with zero attached hydrogens (tertiary/aromatic N) is 3. The first-order valence-electron chi connectivity index (χ1n) is 7.56. The number of carbonyl (C=O) groups excluding carboxylic acids is 1. The van der Waals surface area contributed by atoms with Gasteiger partial charge in [0.25, 0.3) is 0 Å². The number of carbonyl (C=O) groups is 1. The molecule has 0 radical (unpaired) electrons. The van der Waals surface area contributed by atoms with Gasteiger partial charge in [0.2, 0.25) is 5.91 Å². The van der Waals surface area contributed by atoms with E-state index in [0.717, 1.165) is 23.1 Å². The van der Waals surface area contributed by atoms with Crippen molar-refractivity contribution in [1.82, 2.24) is 14.8 Å². The summed E-state index contributed by atoms with van der Waals surface area (Å²) in [6.45, 7) is 1.87. The Morgan fingerprint density at radius 2 is 2.04 bits per heavy atom. The van der Waals surface area contributed by atoms with Gasteiger partial charge in [0.15, 0.2) is 5.16 Å². The highest BCUT2D eigenvalue weighted by molar-refractivity contribution is 8.00. The van der Waals surface area contributed by atoms with Crippen molar-refractivity contribution in [2.24, 2.45) is 7.05 Å². The van der Waals surface area contributed by atoms with Gasteiger partial charge in [-0.15, -0.1) is 21.5 Å². The van der Waals surface area contributed by atoms with Crippen LogP contribution in [0.2, 0.25) is 0 Å². The van der Waals surface area contributed by atoms with Crippen molar-refractivity contribution >= 4 is 34.7 Å². The molecule has 0 spiro atoms. The zero-order valence-electron chi connectivity index (χ0n) is 13.5. The van der Waals surface area contributed by atoms with Crippen LogP contribution >= 0.6 is 23.1 Å². The average molecular weight is 358 g/mol. The monoisotopic (exact) mass is 358 g/mol. The fourth-order valence-corrected chi connectivity index (χ4v) is 3.68. The molecule has 7 heteroatoms. The molecule has 1 amide bonds. The van der Waals surface area contributed by atoms with Crippen LogP contribution in [0.4, 0.5) is 5.69 Å². The van der Waals surface area contributed by atoms with Crippen molar-refractivity contribution in [2.75, 3.05) is 5.32 Å². The molecule has 0 saturated heterocycles. The van der Waals surface area contributed by atoms with E-state index in [-0.39, 0.29) is 11.2 Å². The van der Waals surface area contributed by atoms with Crippen LogP contribution in [0.3, 0.4) is 0 Å². The van der Waals surface area contributed by atoms with Crippen LogP contribution in [0.25, 0.3) is 0 Å². The Morgan fingerprint density at radius 3 is 2.75 bits per heavy atom. The second-order valence-electron chi connectivity index (χ2n) is 5.33. The number of para-hydroxylation sites is 1. The minimum atomic E-state index is -0.261. The van der Waals surface area contributed by atoms with E-state index in [2.05, 4.69) is 27.0 Å². The van der Waals surface area contributed by atoms with Crippen molar-refractivity contribution in [3.8, 4) is 0 Å². The van der Waals surface area contributed by atoms with Gasteiger partial charge in [-0.1, -0.05) is 36.0 Å². The zero-order valence-corrected chi connectivity index (χ0v) is 15.1. The van der Waals surface area contributed by atoms with E-state index in [1.165, 1.54) is 16.6 Å². The molecule has 2 heterocycles. The Bertz CT molecular complexity index is 799. The van der Waals surface area contributed by atoms with Crippen LogP contribution < -0.4 is 5.32 Å². The molecule has 1 unspecified atom stereocenters. The predicted octanol–water partition coefficient (Wildman–Crippen LogP) is 3.59. The minimum Gasteiger partial charge on any atom is -0.325 e. The maximum absolute atomic E-state index is 12.3. The molecule has 1 aromatic carbocycles. The lowest BCUT2D eigenvalue weighted by atomic mass is 10.3. The van der Waals surface area contributed by atoms with E-state index >= 15 is 0 Å². The fourth-order valence-electron chi connectivity index (χ4n) is 2.15. The number of thiophene rings is 1. The van der Waals surface area contributed by atoms with Crippen LogP contribution in [0.5, 0.6) is 0 Å². The second kappa shape index (κ2) is 7.63. The number of hydrogen-bond donors (Lipinski definition) is 1. The molecule has 0 bridgehead atoms. The van der Waals surface area contributed by atoms with E-state index in [4.69, 9.17) is 0 Å². The molecule has 1 N–H and O–H groups in total. The first kappa shape index (κ1) is 16.7. The van der Waals surface area contributed by atoms with Crippen molar-refractivity contribution < 1.29 is 4.79 Å².